The predicted molar refractivity (Wildman–Crippen MR) is 127 cm³/mol. The fourth-order valence-electron chi connectivity index (χ4n) is 3.16. The highest BCUT2D eigenvalue weighted by Gasteiger charge is 2.38. The molecule has 1 saturated heterocycles. The molecule has 1 N–H and O–H groups in total. The number of hydrogen-bond acceptors (Lipinski definition) is 5. The minimum absolute atomic E-state index is 0.0754. The molecule has 1 atom stereocenters. The fraction of sp³-hybridized carbons (Fsp3) is 0.375. The number of amidine groups is 1. The van der Waals surface area contributed by atoms with E-state index in [2.05, 4.69) is 24.2 Å². The Hall–Kier alpha value is -2.80. The van der Waals surface area contributed by atoms with Gasteiger partial charge in [0.2, 0.25) is 11.8 Å². The minimum atomic E-state index is -0.475. The lowest BCUT2D eigenvalue weighted by Crippen LogP contribution is -2.33. The Kier molecular flexibility index (Phi) is 7.74. The van der Waals surface area contributed by atoms with Gasteiger partial charge in [-0.15, -0.1) is 0 Å². The highest BCUT2D eigenvalue weighted by atomic mass is 32.2. The molecule has 0 radical (unpaired) electrons. The Morgan fingerprint density at radius 2 is 1.87 bits per heavy atom. The van der Waals surface area contributed by atoms with Gasteiger partial charge in [-0.05, 0) is 74.7 Å². The van der Waals surface area contributed by atoms with Crippen molar-refractivity contribution in [2.45, 2.75) is 45.8 Å². The van der Waals surface area contributed by atoms with Crippen LogP contribution in [0.1, 0.15) is 37.8 Å². The first-order chi connectivity index (χ1) is 14.9. The second-order valence-electron chi connectivity index (χ2n) is 7.48. The van der Waals surface area contributed by atoms with Crippen LogP contribution < -0.4 is 10.1 Å². The van der Waals surface area contributed by atoms with Crippen LogP contribution in [0.25, 0.3) is 0 Å². The van der Waals surface area contributed by atoms with Gasteiger partial charge in [-0.3, -0.25) is 14.5 Å². The Labute approximate surface area is 188 Å². The van der Waals surface area contributed by atoms with Crippen molar-refractivity contribution in [1.29, 1.82) is 0 Å². The Bertz CT molecular complexity index is 973. The molecule has 0 saturated carbocycles. The molecule has 0 unspecified atom stereocenters. The van der Waals surface area contributed by atoms with Gasteiger partial charge < -0.3 is 10.1 Å². The number of aliphatic imine (C=N–C) groups is 1. The van der Waals surface area contributed by atoms with Crippen molar-refractivity contribution in [2.24, 2.45) is 4.99 Å². The van der Waals surface area contributed by atoms with Gasteiger partial charge in [0.05, 0.1) is 12.3 Å². The summed E-state index contributed by atoms with van der Waals surface area (Å²) in [4.78, 5) is 31.7. The lowest BCUT2D eigenvalue weighted by atomic mass is 10.1. The smallest absolute Gasteiger partial charge is 0.242 e. The summed E-state index contributed by atoms with van der Waals surface area (Å²) in [6.45, 7) is 9.24. The standard InChI is InChI=1S/C24H29N3O3S/c1-5-13-30-20-11-9-18(10-12-20)25-22(28)15-21-23(29)27(6-2)24(31-21)26-19-8-7-16(3)17(4)14-19/h7-12,14,21H,5-6,13,15H2,1-4H3,(H,25,28)/t21-/m1/s1. The number of amides is 2. The molecule has 31 heavy (non-hydrogen) atoms. The van der Waals surface area contributed by atoms with Gasteiger partial charge in [0.1, 0.15) is 11.0 Å². The number of thioether (sulfide) groups is 1. The summed E-state index contributed by atoms with van der Waals surface area (Å²) < 4.78 is 5.56. The lowest BCUT2D eigenvalue weighted by Gasteiger charge is -2.13. The highest BCUT2D eigenvalue weighted by molar-refractivity contribution is 8.15. The molecular weight excluding hydrogens is 410 g/mol. The topological polar surface area (TPSA) is 71.0 Å². The number of benzene rings is 2. The number of carbonyl (C=O) groups excluding carboxylic acids is 2. The highest BCUT2D eigenvalue weighted by Crippen LogP contribution is 2.32. The molecule has 0 aromatic heterocycles. The average molecular weight is 440 g/mol. The predicted octanol–water partition coefficient (Wildman–Crippen LogP) is 5.07. The number of aryl methyl sites for hydroxylation is 2. The van der Waals surface area contributed by atoms with Gasteiger partial charge in [-0.2, -0.15) is 0 Å². The van der Waals surface area contributed by atoms with Crippen LogP contribution in [0.5, 0.6) is 5.75 Å². The normalized spacial score (nSPS) is 17.3. The van der Waals surface area contributed by atoms with Crippen molar-refractivity contribution in [3.63, 3.8) is 0 Å². The van der Waals surface area contributed by atoms with Gasteiger partial charge in [-0.1, -0.05) is 24.8 Å². The molecule has 164 valence electrons. The Morgan fingerprint density at radius 3 is 2.52 bits per heavy atom. The van der Waals surface area contributed by atoms with E-state index in [0.29, 0.717) is 24.0 Å². The largest absolute Gasteiger partial charge is 0.494 e. The maximum Gasteiger partial charge on any atom is 0.242 e. The van der Waals surface area contributed by atoms with Crippen molar-refractivity contribution in [2.75, 3.05) is 18.5 Å². The van der Waals surface area contributed by atoms with Crippen LogP contribution in [0.4, 0.5) is 11.4 Å². The molecule has 2 aromatic rings. The first-order valence-corrected chi connectivity index (χ1v) is 11.5. The number of rotatable bonds is 8. The molecule has 2 amide bonds. The minimum Gasteiger partial charge on any atom is -0.494 e. The number of anilines is 1. The first kappa shape index (κ1) is 22.9. The molecule has 3 rings (SSSR count). The molecule has 2 aromatic carbocycles. The summed E-state index contributed by atoms with van der Waals surface area (Å²) in [5, 5.41) is 3.04. The fourth-order valence-corrected chi connectivity index (χ4v) is 4.38. The van der Waals surface area contributed by atoms with E-state index < -0.39 is 5.25 Å². The average Bonchev–Trinajstić information content (AvgIpc) is 3.04. The van der Waals surface area contributed by atoms with Crippen LogP contribution in [0.3, 0.4) is 0 Å². The van der Waals surface area contributed by atoms with Gasteiger partial charge in [0.15, 0.2) is 5.17 Å². The van der Waals surface area contributed by atoms with Crippen LogP contribution in [-0.2, 0) is 9.59 Å². The quantitative estimate of drug-likeness (QED) is 0.623. The van der Waals surface area contributed by atoms with Crippen molar-refractivity contribution in [3.05, 3.63) is 53.6 Å². The van der Waals surface area contributed by atoms with Crippen molar-refractivity contribution >= 4 is 40.1 Å². The number of nitrogens with one attached hydrogen (secondary N) is 1. The molecule has 1 heterocycles. The van der Waals surface area contributed by atoms with Gasteiger partial charge in [0, 0.05) is 18.7 Å². The van der Waals surface area contributed by atoms with Gasteiger partial charge in [-0.25, -0.2) is 4.99 Å². The lowest BCUT2D eigenvalue weighted by molar-refractivity contribution is -0.128. The van der Waals surface area contributed by atoms with E-state index in [0.717, 1.165) is 23.4 Å². The van der Waals surface area contributed by atoms with Crippen LogP contribution >= 0.6 is 11.8 Å². The molecule has 6 nitrogen and oxygen atoms in total. The summed E-state index contributed by atoms with van der Waals surface area (Å²) in [5.41, 5.74) is 3.85. The molecule has 1 aliphatic rings. The zero-order chi connectivity index (χ0) is 22.4. The molecule has 0 bridgehead atoms. The molecule has 1 fully saturated rings. The Balaban J connectivity index is 1.64. The van der Waals surface area contributed by atoms with Crippen LogP contribution in [0.2, 0.25) is 0 Å². The SMILES string of the molecule is CCCOc1ccc(NC(=O)C[C@H]2SC(=Nc3ccc(C)c(C)c3)N(CC)C2=O)cc1. The summed E-state index contributed by atoms with van der Waals surface area (Å²) in [7, 11) is 0. The number of ether oxygens (including phenoxy) is 1. The maximum absolute atomic E-state index is 12.8. The molecular formula is C24H29N3O3S. The molecule has 7 heteroatoms. The van der Waals surface area contributed by atoms with E-state index in [1.165, 1.54) is 17.3 Å². The summed E-state index contributed by atoms with van der Waals surface area (Å²) in [6.07, 6.45) is 1.04. The zero-order valence-electron chi connectivity index (χ0n) is 18.5. The summed E-state index contributed by atoms with van der Waals surface area (Å²) in [6, 6.07) is 13.2. The van der Waals surface area contributed by atoms with E-state index in [1.807, 2.05) is 44.2 Å². The first-order valence-electron chi connectivity index (χ1n) is 10.6. The third-order valence-electron chi connectivity index (χ3n) is 5.03. The maximum atomic E-state index is 12.8. The molecule has 0 aliphatic carbocycles. The van der Waals surface area contributed by atoms with E-state index in [1.54, 1.807) is 17.0 Å². The van der Waals surface area contributed by atoms with Crippen LogP contribution in [-0.4, -0.2) is 40.3 Å². The number of hydrogen-bond donors (Lipinski definition) is 1. The van der Waals surface area contributed by atoms with E-state index in [9.17, 15) is 9.59 Å². The van der Waals surface area contributed by atoms with Gasteiger partial charge in [0.25, 0.3) is 0 Å². The molecule has 1 aliphatic heterocycles. The number of carbonyl (C=O) groups is 2. The second-order valence-corrected chi connectivity index (χ2v) is 8.65. The van der Waals surface area contributed by atoms with E-state index in [-0.39, 0.29) is 18.2 Å². The van der Waals surface area contributed by atoms with Gasteiger partial charge >= 0.3 is 0 Å². The van der Waals surface area contributed by atoms with E-state index >= 15 is 0 Å². The van der Waals surface area contributed by atoms with Crippen LogP contribution in [0.15, 0.2) is 47.5 Å². The van der Waals surface area contributed by atoms with Crippen molar-refractivity contribution in [1.82, 2.24) is 4.90 Å². The Morgan fingerprint density at radius 1 is 1.13 bits per heavy atom. The second kappa shape index (κ2) is 10.5. The number of nitrogens with zero attached hydrogens (tertiary/aromatic N) is 2. The third kappa shape index (κ3) is 5.88. The van der Waals surface area contributed by atoms with Crippen molar-refractivity contribution < 1.29 is 14.3 Å². The summed E-state index contributed by atoms with van der Waals surface area (Å²) >= 11 is 1.35. The van der Waals surface area contributed by atoms with Crippen molar-refractivity contribution in [3.8, 4) is 5.75 Å². The summed E-state index contributed by atoms with van der Waals surface area (Å²) in [5.74, 6) is 0.497. The zero-order valence-corrected chi connectivity index (χ0v) is 19.3. The molecule has 0 spiro atoms. The van der Waals surface area contributed by atoms with Crippen LogP contribution in [0, 0.1) is 13.8 Å². The third-order valence-corrected chi connectivity index (χ3v) is 6.21. The monoisotopic (exact) mass is 439 g/mol. The van der Waals surface area contributed by atoms with E-state index in [4.69, 9.17) is 4.74 Å².